The van der Waals surface area contributed by atoms with Gasteiger partial charge in [-0.05, 0) is 19.8 Å². The zero-order valence-corrected chi connectivity index (χ0v) is 83.3. The molecule has 0 aromatic heterocycles. The minimum absolute atomic E-state index is 0.0795. The van der Waals surface area contributed by atoms with Crippen molar-refractivity contribution in [2.24, 2.45) is 5.92 Å². The van der Waals surface area contributed by atoms with Gasteiger partial charge in [0.25, 0.3) is 17.4 Å². The second-order valence-corrected chi connectivity index (χ2v) is 39.2. The maximum Gasteiger partial charge on any atom is 0.364 e. The van der Waals surface area contributed by atoms with Gasteiger partial charge >= 0.3 is 17.9 Å². The van der Waals surface area contributed by atoms with Crippen LogP contribution in [0.4, 0.5) is 0 Å². The van der Waals surface area contributed by atoms with Crippen molar-refractivity contribution in [3.8, 4) is 0 Å². The summed E-state index contributed by atoms with van der Waals surface area (Å²) < 4.78 is 84.4. The summed E-state index contributed by atoms with van der Waals surface area (Å²) in [5, 5.41) is 296. The Morgan fingerprint density at radius 1 is 0.366 bits per heavy atom. The Labute approximate surface area is 841 Å². The lowest BCUT2D eigenvalue weighted by molar-refractivity contribution is -0.407. The second kappa shape index (κ2) is 62.0. The van der Waals surface area contributed by atoms with E-state index in [2.05, 4.69) is 35.1 Å². The SMILES string of the molecule is CCCCCCCCCCCCCCCC(=O)N[C@@H](CO[C@@H]1O[C@H](CO)[C@@H](O[C@@H]2O[C@H](CO)[C@H](O[C@@H]3O[C@H](CO)[C@H](O)[C@H](O[C@@H]4O[C@H](CO)[C@H](O)[C@H](O)[C@H]4O)[C@H]3CC(C)=O)[C@H](O[C@]3(C(=O)O)C[C@H](O)[C@@H](NC(C)=O)C([C@H](O)[C@@H](CO)O[C@]4(C(=O)O)C[C@H](O)[C@@H](NC(C)=O)C([C@H](O)[C@@H](CO)O[C@]5(C(=O)O)C[C@H](O)[C@@H](NC(C)=O)C([C@H](O)[C@H](O)CO)O5)O4)O3)[C@H]2O)[C@H](O)[C@H]1O)[C@H](O)CCCCCCCCCCCCCCC. The van der Waals surface area contributed by atoms with E-state index < -0.39 is 369 Å². The maximum absolute atomic E-state index is 14.7. The van der Waals surface area contributed by atoms with Crippen LogP contribution in [0, 0.1) is 5.92 Å². The molecule has 7 saturated heterocycles. The van der Waals surface area contributed by atoms with Gasteiger partial charge in [-0.2, -0.15) is 0 Å². The summed E-state index contributed by atoms with van der Waals surface area (Å²) in [6.45, 7) is -2.10. The molecular weight excluding hydrogens is 1940 g/mol. The van der Waals surface area contributed by atoms with Gasteiger partial charge in [0.2, 0.25) is 23.6 Å². The molecule has 7 aliphatic heterocycles. The number of aliphatic hydroxyl groups is 22. The zero-order chi connectivity index (χ0) is 107. The van der Waals surface area contributed by atoms with Gasteiger partial charge in [-0.1, -0.05) is 174 Å². The highest BCUT2D eigenvalue weighted by Crippen LogP contribution is 2.46. The predicted molar refractivity (Wildman–Crippen MR) is 493 cm³/mol. The Morgan fingerprint density at radius 2 is 0.724 bits per heavy atom. The smallest absolute Gasteiger partial charge is 0.364 e. The van der Waals surface area contributed by atoms with E-state index in [4.69, 9.17) is 66.3 Å². The topological polar surface area (TPSA) is 820 Å². The van der Waals surface area contributed by atoms with Gasteiger partial charge in [-0.25, -0.2) is 14.4 Å². The van der Waals surface area contributed by atoms with Crippen molar-refractivity contribution in [1.29, 1.82) is 0 Å². The van der Waals surface area contributed by atoms with Gasteiger partial charge in [-0.15, -0.1) is 0 Å². The zero-order valence-electron chi connectivity index (χ0n) is 83.3. The van der Waals surface area contributed by atoms with Crippen LogP contribution in [-0.4, -0.2) is 465 Å². The Morgan fingerprint density at radius 3 is 1.14 bits per heavy atom. The molecular formula is C94H164N4O47. The fourth-order valence-corrected chi connectivity index (χ4v) is 19.7. The van der Waals surface area contributed by atoms with Crippen molar-refractivity contribution < 1.29 is 232 Å². The summed E-state index contributed by atoms with van der Waals surface area (Å²) in [6, 6.07) is -7.36. The van der Waals surface area contributed by atoms with Crippen molar-refractivity contribution in [1.82, 2.24) is 21.3 Å². The summed E-state index contributed by atoms with van der Waals surface area (Å²) in [6.07, 6.45) is -51.4. The summed E-state index contributed by atoms with van der Waals surface area (Å²) in [7, 11) is 0. The van der Waals surface area contributed by atoms with Crippen LogP contribution in [0.2, 0.25) is 0 Å². The van der Waals surface area contributed by atoms with E-state index in [0.29, 0.717) is 12.8 Å². The van der Waals surface area contributed by atoms with Crippen LogP contribution < -0.4 is 21.3 Å². The third kappa shape index (κ3) is 35.3. The number of ether oxygens (including phenoxy) is 14. The van der Waals surface area contributed by atoms with Crippen LogP contribution in [-0.2, 0) is 105 Å². The van der Waals surface area contributed by atoms with E-state index in [1.54, 1.807) is 0 Å². The Kier molecular flexibility index (Phi) is 54.1. The largest absolute Gasteiger partial charge is 0.477 e. The molecule has 0 bridgehead atoms. The molecule has 0 aromatic rings. The van der Waals surface area contributed by atoms with E-state index in [0.717, 1.165) is 105 Å². The van der Waals surface area contributed by atoms with Crippen molar-refractivity contribution in [3.05, 3.63) is 0 Å². The molecule has 7 heterocycles. The van der Waals surface area contributed by atoms with E-state index in [-0.39, 0.29) is 12.8 Å². The molecule has 29 N–H and O–H groups in total. The number of carbonyl (C=O) groups is 8. The third-order valence-electron chi connectivity index (χ3n) is 27.7. The summed E-state index contributed by atoms with van der Waals surface area (Å²) >= 11 is 0. The molecule has 0 spiro atoms. The fraction of sp³-hybridized carbons (Fsp3) is 0.915. The summed E-state index contributed by atoms with van der Waals surface area (Å²) in [4.78, 5) is 108. The summed E-state index contributed by atoms with van der Waals surface area (Å²) in [5.41, 5.74) is 0. The Hall–Kier alpha value is -5.48. The van der Waals surface area contributed by atoms with Crippen molar-refractivity contribution >= 4 is 47.3 Å². The normalized spacial score (nSPS) is 35.8. The molecule has 40 atom stereocenters. The summed E-state index contributed by atoms with van der Waals surface area (Å²) in [5.74, 6) is -24.2. The van der Waals surface area contributed by atoms with Gasteiger partial charge < -0.3 is 220 Å². The number of carboxylic acids is 3. The third-order valence-corrected chi connectivity index (χ3v) is 27.7. The number of aliphatic carboxylic acids is 3. The van der Waals surface area contributed by atoms with E-state index in [1.807, 2.05) is 0 Å². The Balaban J connectivity index is 1.24. The van der Waals surface area contributed by atoms with E-state index >= 15 is 0 Å². The first-order chi connectivity index (χ1) is 68.9. The van der Waals surface area contributed by atoms with Gasteiger partial charge in [0.05, 0.1) is 108 Å². The molecule has 842 valence electrons. The molecule has 51 heteroatoms. The van der Waals surface area contributed by atoms with Crippen LogP contribution in [0.3, 0.4) is 0 Å². The number of nitrogens with one attached hydrogen (secondary N) is 4. The number of carboxylic acid groups (broad SMARTS) is 3. The number of carbonyl (C=O) groups excluding carboxylic acids is 5. The lowest BCUT2D eigenvalue weighted by Gasteiger charge is -2.53. The molecule has 0 radical (unpaired) electrons. The molecule has 51 nitrogen and oxygen atoms in total. The van der Waals surface area contributed by atoms with Crippen LogP contribution in [0.5, 0.6) is 0 Å². The predicted octanol–water partition coefficient (Wildman–Crippen LogP) is -6.16. The highest BCUT2D eigenvalue weighted by atomic mass is 16.8. The van der Waals surface area contributed by atoms with Crippen LogP contribution >= 0.6 is 0 Å². The molecule has 7 fully saturated rings. The van der Waals surface area contributed by atoms with Gasteiger partial charge in [0.15, 0.2) is 25.2 Å². The van der Waals surface area contributed by atoms with Gasteiger partial charge in [0.1, 0.15) is 146 Å². The number of Topliss-reactive ketones (excluding diaryl/α,β-unsaturated/α-hetero) is 1. The average molecular weight is 2100 g/mol. The number of ketones is 1. The lowest BCUT2D eigenvalue weighted by Crippen LogP contribution is -2.72. The van der Waals surface area contributed by atoms with Crippen molar-refractivity contribution in [3.63, 3.8) is 0 Å². The number of unbranched alkanes of at least 4 members (excludes halogenated alkanes) is 24. The molecule has 145 heavy (non-hydrogen) atoms. The molecule has 0 aromatic carbocycles. The van der Waals surface area contributed by atoms with Gasteiger partial charge in [0, 0.05) is 58.8 Å². The molecule has 7 rings (SSSR count). The quantitative estimate of drug-likeness (QED) is 0.0252. The molecule has 3 unspecified atom stereocenters. The first-order valence-corrected chi connectivity index (χ1v) is 50.9. The van der Waals surface area contributed by atoms with E-state index in [1.165, 1.54) is 77.0 Å². The van der Waals surface area contributed by atoms with Crippen LogP contribution in [0.25, 0.3) is 0 Å². The highest BCUT2D eigenvalue weighted by molar-refractivity contribution is 5.79. The average Bonchev–Trinajstić information content (AvgIpc) is 0.742. The van der Waals surface area contributed by atoms with Crippen molar-refractivity contribution in [2.45, 2.75) is 485 Å². The van der Waals surface area contributed by atoms with E-state index in [9.17, 15) is 166 Å². The minimum atomic E-state index is -3.81. The molecule has 7 aliphatic rings. The monoisotopic (exact) mass is 2100 g/mol. The molecule has 0 saturated carbocycles. The van der Waals surface area contributed by atoms with Crippen LogP contribution in [0.1, 0.15) is 247 Å². The van der Waals surface area contributed by atoms with Gasteiger partial charge in [-0.3, -0.25) is 19.2 Å². The first kappa shape index (κ1) is 126. The number of aliphatic hydroxyl groups excluding tert-OH is 22. The first-order valence-electron chi connectivity index (χ1n) is 50.9. The Bertz CT molecular complexity index is 3820. The standard InChI is InChI=1S/C94H164N4O47/c1-7-9-11-13-15-17-19-21-23-25-27-29-31-33-53(110)52(98-64(115)34-32-30-28-26-24-22-20-18-16-14-12-10-8-2)46-132-86-76(124)74(122)79(62(44-104)135-86)138-88-77(125)84(80(63(45-105)136-88)139-85-51(35-47(3)106)78(70(118)59(41-101)133-85)137-87-75(123)73(121)69(117)58(40-100)134-87)145-94(91(130)131)38-56(113)67(97-50(6)109)83(144-94)72(120)61(43-103)141-93(90(128)129)37-55(112)66(96-49(5)108)82(143-93)71(119)60(42-102)140-92(89(126)127)36-54(111)65(95-48(4)107)81(142-92)68(116)57(114)39-99/h51-63,65-88,99-105,110-114,116-125H,7-46H2,1-6H3,(H,95,107)(H,96,108)(H,97,109)(H,98,115)(H,126,127)(H,128,129)(H,130,131)/t51-,52+,53-,54+,55+,56+,57-,58-,59-,60-,61-,62-,63-,65-,66-,67-,68-,69+,70+,71-,72-,73+,74-,75-,76-,77-,78-,79-,80+,81?,82?,83?,84-,85+,86-,87+,88+,92-,93-,94+/m1/s1. The molecule has 0 aliphatic carbocycles. The number of rotatable bonds is 66. The van der Waals surface area contributed by atoms with Crippen molar-refractivity contribution in [2.75, 3.05) is 52.9 Å². The van der Waals surface area contributed by atoms with Crippen LogP contribution in [0.15, 0.2) is 0 Å². The fourth-order valence-electron chi connectivity index (χ4n) is 19.7. The maximum atomic E-state index is 14.7. The highest BCUT2D eigenvalue weighted by Gasteiger charge is 2.66. The number of hydrogen-bond acceptors (Lipinski definition) is 44. The minimum Gasteiger partial charge on any atom is -0.477 e. The lowest BCUT2D eigenvalue weighted by atomic mass is 9.86. The molecule has 4 amide bonds. The second-order valence-electron chi connectivity index (χ2n) is 39.2. The number of amides is 4. The number of hydrogen-bond donors (Lipinski definition) is 29.